The smallest absolute Gasteiger partial charge is 0.416 e. The molecule has 2 aromatic rings. The number of alkyl halides is 6. The molecule has 1 aliphatic rings. The Kier molecular flexibility index (Phi) is 4.78. The van der Waals surface area contributed by atoms with Crippen LogP contribution in [0.4, 0.5) is 26.3 Å². The molecule has 9 heteroatoms. The maximum atomic E-state index is 12.6. The first-order valence-electron chi connectivity index (χ1n) is 7.79. The number of halogens is 6. The Morgan fingerprint density at radius 3 is 1.68 bits per heavy atom. The highest BCUT2D eigenvalue weighted by Crippen LogP contribution is 2.34. The molecule has 0 amide bonds. The van der Waals surface area contributed by atoms with Crippen molar-refractivity contribution >= 4 is 17.8 Å². The van der Waals surface area contributed by atoms with Crippen molar-refractivity contribution < 1.29 is 40.7 Å². The van der Waals surface area contributed by atoms with Gasteiger partial charge in [-0.2, -0.15) is 26.3 Å². The maximum absolute atomic E-state index is 12.6. The number of carbonyl (C=O) groups is 2. The van der Waals surface area contributed by atoms with E-state index in [2.05, 4.69) is 0 Å². The fourth-order valence-electron chi connectivity index (χ4n) is 2.64. The Labute approximate surface area is 154 Å². The lowest BCUT2D eigenvalue weighted by molar-refractivity contribution is -0.138. The van der Waals surface area contributed by atoms with Crippen LogP contribution in [0.15, 0.2) is 54.3 Å². The molecule has 1 saturated heterocycles. The highest BCUT2D eigenvalue weighted by atomic mass is 19.4. The fraction of sp³-hybridized carbons (Fsp3) is 0.158. The van der Waals surface area contributed by atoms with E-state index in [-0.39, 0.29) is 11.1 Å². The summed E-state index contributed by atoms with van der Waals surface area (Å²) in [5.41, 5.74) is -1.60. The van der Waals surface area contributed by atoms with E-state index in [1.54, 1.807) is 0 Å². The molecule has 146 valence electrons. The first-order chi connectivity index (χ1) is 13.0. The van der Waals surface area contributed by atoms with Crippen LogP contribution in [-0.2, 0) is 26.7 Å². The van der Waals surface area contributed by atoms with Crippen LogP contribution in [0, 0.1) is 0 Å². The van der Waals surface area contributed by atoms with Gasteiger partial charge >= 0.3 is 18.3 Å². The van der Waals surface area contributed by atoms with Crippen LogP contribution in [0.2, 0.25) is 0 Å². The molecule has 0 aliphatic carbocycles. The van der Waals surface area contributed by atoms with Gasteiger partial charge in [0, 0.05) is 0 Å². The lowest BCUT2D eigenvalue weighted by Gasteiger charge is -2.08. The average molecular weight is 400 g/mol. The van der Waals surface area contributed by atoms with E-state index in [4.69, 9.17) is 4.74 Å². The summed E-state index contributed by atoms with van der Waals surface area (Å²) in [5.74, 6) is -3.58. The van der Waals surface area contributed by atoms with E-state index in [0.29, 0.717) is 0 Å². The monoisotopic (exact) mass is 400 g/mol. The fourth-order valence-corrected chi connectivity index (χ4v) is 2.64. The second kappa shape index (κ2) is 6.81. The number of benzene rings is 2. The molecule has 0 aromatic heterocycles. The number of ether oxygens (including phenoxy) is 1. The third-order valence-electron chi connectivity index (χ3n) is 4.06. The predicted octanol–water partition coefficient (Wildman–Crippen LogP) is 4.97. The molecule has 3 nitrogen and oxygen atoms in total. The van der Waals surface area contributed by atoms with Gasteiger partial charge in [-0.3, -0.25) is 9.59 Å². The van der Waals surface area contributed by atoms with Crippen LogP contribution in [0.5, 0.6) is 0 Å². The van der Waals surface area contributed by atoms with Gasteiger partial charge in [-0.25, -0.2) is 0 Å². The number of hydrogen-bond donors (Lipinski definition) is 0. The number of hydrogen-bond acceptors (Lipinski definition) is 3. The van der Waals surface area contributed by atoms with Crippen LogP contribution in [0.25, 0.3) is 6.08 Å². The number of Topliss-reactive ketones (excluding diaryl/α,β-unsaturated/α-hetero) is 1. The van der Waals surface area contributed by atoms with Crippen molar-refractivity contribution in [1.82, 2.24) is 0 Å². The molecule has 1 heterocycles. The number of allylic oxidation sites excluding steroid dienone is 1. The van der Waals surface area contributed by atoms with Crippen LogP contribution in [0.1, 0.15) is 28.2 Å². The van der Waals surface area contributed by atoms with E-state index in [1.807, 2.05) is 0 Å². The van der Waals surface area contributed by atoms with Crippen LogP contribution in [-0.4, -0.2) is 11.8 Å². The topological polar surface area (TPSA) is 43.4 Å². The van der Waals surface area contributed by atoms with E-state index in [0.717, 1.165) is 54.6 Å². The van der Waals surface area contributed by atoms with Crippen molar-refractivity contribution in [2.75, 3.05) is 0 Å². The van der Waals surface area contributed by atoms with Gasteiger partial charge in [0.2, 0.25) is 5.78 Å². The predicted molar refractivity (Wildman–Crippen MR) is 84.7 cm³/mol. The van der Waals surface area contributed by atoms with Gasteiger partial charge in [0.25, 0.3) is 0 Å². The summed E-state index contributed by atoms with van der Waals surface area (Å²) >= 11 is 0. The third kappa shape index (κ3) is 3.92. The summed E-state index contributed by atoms with van der Waals surface area (Å²) in [7, 11) is 0. The van der Waals surface area contributed by atoms with Gasteiger partial charge in [-0.15, -0.1) is 0 Å². The quantitative estimate of drug-likeness (QED) is 0.309. The Bertz CT molecular complexity index is 938. The normalized spacial score (nSPS) is 19.2. The molecule has 1 fully saturated rings. The van der Waals surface area contributed by atoms with Crippen LogP contribution in [0.3, 0.4) is 0 Å². The van der Waals surface area contributed by atoms with E-state index in [9.17, 15) is 35.9 Å². The molecular weight excluding hydrogens is 390 g/mol. The number of esters is 1. The van der Waals surface area contributed by atoms with Crippen LogP contribution < -0.4 is 0 Å². The van der Waals surface area contributed by atoms with Gasteiger partial charge in [0.1, 0.15) is 5.92 Å². The second-order valence-electron chi connectivity index (χ2n) is 5.97. The molecule has 0 bridgehead atoms. The number of ketones is 1. The molecule has 1 aliphatic heterocycles. The lowest BCUT2D eigenvalue weighted by atomic mass is 9.94. The summed E-state index contributed by atoms with van der Waals surface area (Å²) in [6.07, 6.45) is -7.98. The summed E-state index contributed by atoms with van der Waals surface area (Å²) in [5, 5.41) is 0. The molecule has 0 N–H and O–H groups in total. The van der Waals surface area contributed by atoms with Crippen molar-refractivity contribution in [3.63, 3.8) is 0 Å². The lowest BCUT2D eigenvalue weighted by Crippen LogP contribution is -2.13. The van der Waals surface area contributed by atoms with Gasteiger partial charge in [-0.05, 0) is 41.5 Å². The minimum atomic E-state index is -4.56. The minimum absolute atomic E-state index is 0.0267. The van der Waals surface area contributed by atoms with Gasteiger partial charge in [-0.1, -0.05) is 24.3 Å². The summed E-state index contributed by atoms with van der Waals surface area (Å²) in [6.45, 7) is 0. The molecular formula is C19H10F6O3. The number of cyclic esters (lactones) is 1. The molecule has 0 spiro atoms. The van der Waals surface area contributed by atoms with E-state index in [1.165, 1.54) is 0 Å². The zero-order chi connectivity index (χ0) is 20.7. The van der Waals surface area contributed by atoms with Crippen LogP contribution >= 0.6 is 0 Å². The average Bonchev–Trinajstić information content (AvgIpc) is 2.87. The van der Waals surface area contributed by atoms with Gasteiger partial charge in [0.05, 0.1) is 11.1 Å². The minimum Gasteiger partial charge on any atom is -0.422 e. The second-order valence-corrected chi connectivity index (χ2v) is 5.97. The highest BCUT2D eigenvalue weighted by molar-refractivity contribution is 6.19. The Hall–Kier alpha value is -3.10. The summed E-state index contributed by atoms with van der Waals surface area (Å²) in [4.78, 5) is 24.4. The van der Waals surface area contributed by atoms with Crippen molar-refractivity contribution in [2.24, 2.45) is 0 Å². The third-order valence-corrected chi connectivity index (χ3v) is 4.06. The zero-order valence-electron chi connectivity index (χ0n) is 13.8. The first-order valence-corrected chi connectivity index (χ1v) is 7.79. The largest absolute Gasteiger partial charge is 0.422 e. The molecule has 2 aromatic carbocycles. The molecule has 28 heavy (non-hydrogen) atoms. The van der Waals surface area contributed by atoms with Crippen molar-refractivity contribution in [2.45, 2.75) is 18.3 Å². The standard InChI is InChI=1S/C19H10F6O3/c20-18(21,22)12-5-1-10(2-6-12)9-14-16(26)15(17(27)28-14)11-3-7-13(8-4-11)19(23,24)25/h1-9,15H/b14-9-. The van der Waals surface area contributed by atoms with Gasteiger partial charge < -0.3 is 4.74 Å². The molecule has 1 atom stereocenters. The number of carbonyl (C=O) groups excluding carboxylic acids is 2. The van der Waals surface area contributed by atoms with Crippen molar-refractivity contribution in [3.8, 4) is 0 Å². The summed E-state index contributed by atoms with van der Waals surface area (Å²) < 4.78 is 80.4. The SMILES string of the molecule is O=C1O/C(=C\c2ccc(C(F)(F)F)cc2)C(=O)C1c1ccc(C(F)(F)F)cc1. The Morgan fingerprint density at radius 1 is 0.750 bits per heavy atom. The molecule has 3 rings (SSSR count). The highest BCUT2D eigenvalue weighted by Gasteiger charge is 2.41. The maximum Gasteiger partial charge on any atom is 0.416 e. The van der Waals surface area contributed by atoms with Gasteiger partial charge in [0.15, 0.2) is 5.76 Å². The molecule has 1 unspecified atom stereocenters. The molecule has 0 saturated carbocycles. The van der Waals surface area contributed by atoms with E-state index < -0.39 is 46.9 Å². The Morgan fingerprint density at radius 2 is 1.21 bits per heavy atom. The van der Waals surface area contributed by atoms with Crippen molar-refractivity contribution in [1.29, 1.82) is 0 Å². The zero-order valence-corrected chi connectivity index (χ0v) is 13.8. The number of rotatable bonds is 2. The Balaban J connectivity index is 1.84. The summed E-state index contributed by atoms with van der Waals surface area (Å²) in [6, 6.07) is 7.31. The van der Waals surface area contributed by atoms with Crippen molar-refractivity contribution in [3.05, 3.63) is 76.5 Å². The molecule has 0 radical (unpaired) electrons. The van der Waals surface area contributed by atoms with E-state index >= 15 is 0 Å². The first kappa shape index (κ1) is 19.7.